The van der Waals surface area contributed by atoms with E-state index in [-0.39, 0.29) is 27.8 Å². The molecule has 1 heterocycles. The Labute approximate surface area is 227 Å². The molecule has 4 saturated carbocycles. The first-order chi connectivity index (χ1) is 17.2. The Kier molecular flexibility index (Phi) is 5.78. The first kappa shape index (κ1) is 26.4. The van der Waals surface area contributed by atoms with Crippen LogP contribution in [0.15, 0.2) is 11.1 Å². The Morgan fingerprint density at radius 1 is 0.784 bits per heavy atom. The van der Waals surface area contributed by atoms with Crippen molar-refractivity contribution >= 4 is 5.91 Å². The van der Waals surface area contributed by atoms with Crippen LogP contribution in [0.4, 0.5) is 0 Å². The Balaban J connectivity index is 1.44. The van der Waals surface area contributed by atoms with Gasteiger partial charge in [0.25, 0.3) is 0 Å². The van der Waals surface area contributed by atoms with Crippen molar-refractivity contribution < 1.29 is 9.90 Å². The summed E-state index contributed by atoms with van der Waals surface area (Å²) < 4.78 is 0. The second-order valence-electron chi connectivity index (χ2n) is 16.7. The van der Waals surface area contributed by atoms with E-state index in [2.05, 4.69) is 53.4 Å². The van der Waals surface area contributed by atoms with Crippen LogP contribution in [0.25, 0.3) is 0 Å². The second-order valence-corrected chi connectivity index (χ2v) is 16.7. The highest BCUT2D eigenvalue weighted by Gasteiger charge is 2.68. The molecule has 0 bridgehead atoms. The standard InChI is InChI=1S/C34H55NO2/c1-29(2)16-18-34(28(37)35-20-8-9-21-35)19-17-32(6)23(24(34)22-29)10-11-26-31(5)14-13-27(36)30(3,4)25(31)12-15-33(26,32)7/h25-27,36H,8-22H2,1-7H3/t25-,26+,27-,31-,32+,33+,34-/m0/s1. The third-order valence-corrected chi connectivity index (χ3v) is 14.3. The highest BCUT2D eigenvalue weighted by Crippen LogP contribution is 2.75. The lowest BCUT2D eigenvalue weighted by atomic mass is 9.34. The van der Waals surface area contributed by atoms with E-state index >= 15 is 0 Å². The van der Waals surface area contributed by atoms with Gasteiger partial charge < -0.3 is 10.0 Å². The van der Waals surface area contributed by atoms with Crippen LogP contribution in [-0.2, 0) is 4.79 Å². The third-order valence-electron chi connectivity index (χ3n) is 14.3. The van der Waals surface area contributed by atoms with E-state index in [1.165, 1.54) is 57.8 Å². The maximum atomic E-state index is 14.3. The number of nitrogens with zero attached hydrogens (tertiary/aromatic N) is 1. The quantitative estimate of drug-likeness (QED) is 0.365. The molecule has 0 radical (unpaired) electrons. The maximum Gasteiger partial charge on any atom is 0.232 e. The van der Waals surface area contributed by atoms with E-state index in [9.17, 15) is 9.90 Å². The SMILES string of the molecule is CC1(C)CC[C@]2(C(=O)N3CCCC3)CC[C@]3(C)C(=C2C1)CC[C@@H]1[C@@]2(C)CC[C@H](O)C(C)(C)[C@@H]2CC[C@]13C. The van der Waals surface area contributed by atoms with Crippen LogP contribution < -0.4 is 0 Å². The Hall–Kier alpha value is -0.830. The van der Waals surface area contributed by atoms with Gasteiger partial charge in [0.1, 0.15) is 0 Å². The lowest BCUT2D eigenvalue weighted by Crippen LogP contribution is -2.64. The Morgan fingerprint density at radius 3 is 2.16 bits per heavy atom. The molecule has 1 amide bonds. The predicted octanol–water partition coefficient (Wildman–Crippen LogP) is 7.92. The summed E-state index contributed by atoms with van der Waals surface area (Å²) in [5, 5.41) is 11.0. The van der Waals surface area contributed by atoms with Gasteiger partial charge in [0, 0.05) is 13.1 Å². The van der Waals surface area contributed by atoms with E-state index < -0.39 is 0 Å². The topological polar surface area (TPSA) is 40.5 Å². The fraction of sp³-hybridized carbons (Fsp3) is 0.912. The molecule has 37 heavy (non-hydrogen) atoms. The van der Waals surface area contributed by atoms with Crippen molar-refractivity contribution in [3.8, 4) is 0 Å². The molecule has 6 rings (SSSR count). The summed E-state index contributed by atoms with van der Waals surface area (Å²) in [5.41, 5.74) is 4.21. The van der Waals surface area contributed by atoms with Crippen molar-refractivity contribution in [3.05, 3.63) is 11.1 Å². The molecule has 1 saturated heterocycles. The molecule has 3 nitrogen and oxygen atoms in total. The van der Waals surface area contributed by atoms with Gasteiger partial charge >= 0.3 is 0 Å². The molecule has 3 heteroatoms. The van der Waals surface area contributed by atoms with E-state index in [1.54, 1.807) is 11.1 Å². The molecule has 7 atom stereocenters. The van der Waals surface area contributed by atoms with Crippen molar-refractivity contribution in [2.75, 3.05) is 13.1 Å². The average Bonchev–Trinajstić information content (AvgIpc) is 3.36. The van der Waals surface area contributed by atoms with Gasteiger partial charge in [-0.05, 0) is 122 Å². The van der Waals surface area contributed by atoms with Crippen molar-refractivity contribution in [1.82, 2.24) is 4.90 Å². The number of carbonyl (C=O) groups is 1. The maximum absolute atomic E-state index is 14.3. The van der Waals surface area contributed by atoms with Crippen LogP contribution in [0.5, 0.6) is 0 Å². The van der Waals surface area contributed by atoms with Gasteiger partial charge in [0.15, 0.2) is 0 Å². The number of hydrogen-bond acceptors (Lipinski definition) is 2. The lowest BCUT2D eigenvalue weighted by molar-refractivity contribution is -0.204. The summed E-state index contributed by atoms with van der Waals surface area (Å²) in [6.45, 7) is 19.5. The van der Waals surface area contributed by atoms with Crippen molar-refractivity contribution in [2.24, 2.45) is 44.3 Å². The van der Waals surface area contributed by atoms with Gasteiger partial charge in [-0.2, -0.15) is 0 Å². The molecule has 0 aromatic carbocycles. The van der Waals surface area contributed by atoms with Crippen LogP contribution in [-0.4, -0.2) is 35.1 Å². The Morgan fingerprint density at radius 2 is 1.46 bits per heavy atom. The summed E-state index contributed by atoms with van der Waals surface area (Å²) in [7, 11) is 0. The zero-order valence-corrected chi connectivity index (χ0v) is 25.1. The molecule has 5 aliphatic carbocycles. The number of hydrogen-bond donors (Lipinski definition) is 1. The van der Waals surface area contributed by atoms with Crippen molar-refractivity contribution in [1.29, 1.82) is 0 Å². The normalized spacial score (nSPS) is 48.5. The fourth-order valence-corrected chi connectivity index (χ4v) is 11.8. The number of amides is 1. The summed E-state index contributed by atoms with van der Waals surface area (Å²) in [5.74, 6) is 1.81. The van der Waals surface area contributed by atoms with Gasteiger partial charge in [-0.15, -0.1) is 0 Å². The van der Waals surface area contributed by atoms with Crippen LogP contribution in [0.3, 0.4) is 0 Å². The van der Waals surface area contributed by atoms with Gasteiger partial charge in [-0.1, -0.05) is 59.6 Å². The minimum atomic E-state index is -0.212. The lowest BCUT2D eigenvalue weighted by Gasteiger charge is -2.71. The molecular formula is C34H55NO2. The molecule has 0 aromatic heterocycles. The average molecular weight is 510 g/mol. The minimum Gasteiger partial charge on any atom is -0.393 e. The molecular weight excluding hydrogens is 454 g/mol. The van der Waals surface area contributed by atoms with Crippen LogP contribution in [0, 0.1) is 44.3 Å². The molecule has 5 fully saturated rings. The zero-order chi connectivity index (χ0) is 26.6. The summed E-state index contributed by atoms with van der Waals surface area (Å²) in [6.07, 6.45) is 14.9. The number of rotatable bonds is 1. The summed E-state index contributed by atoms with van der Waals surface area (Å²) >= 11 is 0. The first-order valence-corrected chi connectivity index (χ1v) is 15.9. The first-order valence-electron chi connectivity index (χ1n) is 15.9. The molecule has 0 aromatic rings. The second kappa shape index (κ2) is 8.11. The Bertz CT molecular complexity index is 1000. The monoisotopic (exact) mass is 509 g/mol. The predicted molar refractivity (Wildman–Crippen MR) is 151 cm³/mol. The molecule has 1 N–H and O–H groups in total. The number of carbonyl (C=O) groups excluding carboxylic acids is 1. The summed E-state index contributed by atoms with van der Waals surface area (Å²) in [6, 6.07) is 0. The van der Waals surface area contributed by atoms with Crippen LogP contribution >= 0.6 is 0 Å². The zero-order valence-electron chi connectivity index (χ0n) is 25.1. The highest BCUT2D eigenvalue weighted by molar-refractivity contribution is 5.87. The van der Waals surface area contributed by atoms with Gasteiger partial charge in [0.05, 0.1) is 11.5 Å². The highest BCUT2D eigenvalue weighted by atomic mass is 16.3. The number of fused-ring (bicyclic) bond motifs is 6. The van der Waals surface area contributed by atoms with E-state index in [0.717, 1.165) is 38.8 Å². The fourth-order valence-electron chi connectivity index (χ4n) is 11.8. The van der Waals surface area contributed by atoms with Gasteiger partial charge in [-0.25, -0.2) is 0 Å². The van der Waals surface area contributed by atoms with E-state index in [1.807, 2.05) is 0 Å². The van der Waals surface area contributed by atoms with Crippen molar-refractivity contribution in [2.45, 2.75) is 138 Å². The molecule has 0 spiro atoms. The van der Waals surface area contributed by atoms with Gasteiger partial charge in [-0.3, -0.25) is 4.79 Å². The van der Waals surface area contributed by atoms with Crippen LogP contribution in [0.1, 0.15) is 132 Å². The van der Waals surface area contributed by atoms with Crippen LogP contribution in [0.2, 0.25) is 0 Å². The third kappa shape index (κ3) is 3.37. The molecule has 6 aliphatic rings. The number of likely N-dealkylation sites (tertiary alicyclic amines) is 1. The summed E-state index contributed by atoms with van der Waals surface area (Å²) in [4.78, 5) is 16.6. The van der Waals surface area contributed by atoms with Gasteiger partial charge in [0.2, 0.25) is 5.91 Å². The van der Waals surface area contributed by atoms with E-state index in [0.29, 0.717) is 28.6 Å². The molecule has 1 aliphatic heterocycles. The number of aliphatic hydroxyl groups is 1. The largest absolute Gasteiger partial charge is 0.393 e. The van der Waals surface area contributed by atoms with Crippen molar-refractivity contribution in [3.63, 3.8) is 0 Å². The number of allylic oxidation sites excluding steroid dienone is 1. The number of aliphatic hydroxyl groups excluding tert-OH is 1. The smallest absolute Gasteiger partial charge is 0.232 e. The minimum absolute atomic E-state index is 0.00519. The van der Waals surface area contributed by atoms with E-state index in [4.69, 9.17) is 0 Å². The molecule has 208 valence electrons. The molecule has 0 unspecified atom stereocenters.